The van der Waals surface area contributed by atoms with Crippen molar-refractivity contribution in [1.82, 2.24) is 4.81 Å². The van der Waals surface area contributed by atoms with Gasteiger partial charge in [-0.25, -0.2) is 0 Å². The molecule has 1 aromatic rings. The van der Waals surface area contributed by atoms with Crippen molar-refractivity contribution in [3.8, 4) is 0 Å². The summed E-state index contributed by atoms with van der Waals surface area (Å²) in [4.78, 5) is 2.11. The maximum atomic E-state index is 9.52. The minimum Gasteiger partial charge on any atom is -0.437 e. The molecule has 2 nitrogen and oxygen atoms in total. The molecule has 0 saturated carbocycles. The van der Waals surface area contributed by atoms with Crippen molar-refractivity contribution in [2.45, 2.75) is 26.7 Å². The van der Waals surface area contributed by atoms with E-state index < -0.39 is 0 Å². The van der Waals surface area contributed by atoms with Crippen molar-refractivity contribution < 1.29 is 5.02 Å². The van der Waals surface area contributed by atoms with E-state index in [2.05, 4.69) is 29.9 Å². The van der Waals surface area contributed by atoms with E-state index in [1.807, 2.05) is 6.82 Å². The SMILES string of the molecule is CB(O)N1CCc2cccc(C)c2C1. The van der Waals surface area contributed by atoms with Gasteiger partial charge < -0.3 is 9.83 Å². The summed E-state index contributed by atoms with van der Waals surface area (Å²) in [5.41, 5.74) is 4.19. The molecule has 0 aliphatic carbocycles. The quantitative estimate of drug-likeness (QED) is 0.676. The summed E-state index contributed by atoms with van der Waals surface area (Å²) >= 11 is 0. The first kappa shape index (κ1) is 9.75. The number of fused-ring (bicyclic) bond motifs is 1. The number of rotatable bonds is 1. The Morgan fingerprint density at radius 1 is 1.43 bits per heavy atom. The second kappa shape index (κ2) is 3.75. The highest BCUT2D eigenvalue weighted by atomic mass is 16.2. The van der Waals surface area contributed by atoms with E-state index in [0.717, 1.165) is 19.5 Å². The van der Waals surface area contributed by atoms with E-state index in [-0.39, 0.29) is 7.05 Å². The Morgan fingerprint density at radius 3 is 2.93 bits per heavy atom. The molecule has 14 heavy (non-hydrogen) atoms. The minimum absolute atomic E-state index is 0.331. The van der Waals surface area contributed by atoms with Crippen LogP contribution in [0.25, 0.3) is 0 Å². The molecule has 0 bridgehead atoms. The molecule has 2 rings (SSSR count). The first-order valence-corrected chi connectivity index (χ1v) is 5.18. The van der Waals surface area contributed by atoms with Gasteiger partial charge in [-0.2, -0.15) is 0 Å². The number of benzene rings is 1. The van der Waals surface area contributed by atoms with Crippen molar-refractivity contribution in [3.63, 3.8) is 0 Å². The fourth-order valence-corrected chi connectivity index (χ4v) is 2.09. The minimum atomic E-state index is -0.331. The van der Waals surface area contributed by atoms with Crippen LogP contribution in [0, 0.1) is 6.92 Å². The Kier molecular flexibility index (Phi) is 2.61. The summed E-state index contributed by atoms with van der Waals surface area (Å²) < 4.78 is 0. The maximum Gasteiger partial charge on any atom is 0.376 e. The van der Waals surface area contributed by atoms with Crippen LogP contribution in [0.2, 0.25) is 6.82 Å². The van der Waals surface area contributed by atoms with Gasteiger partial charge in [0, 0.05) is 6.54 Å². The van der Waals surface area contributed by atoms with Crippen molar-refractivity contribution in [1.29, 1.82) is 0 Å². The lowest BCUT2D eigenvalue weighted by molar-refractivity contribution is 0.346. The van der Waals surface area contributed by atoms with Gasteiger partial charge in [0.2, 0.25) is 0 Å². The Balaban J connectivity index is 2.29. The average Bonchev–Trinajstić information content (AvgIpc) is 2.18. The second-order valence-corrected chi connectivity index (χ2v) is 4.06. The maximum absolute atomic E-state index is 9.52. The lowest BCUT2D eigenvalue weighted by Gasteiger charge is -2.30. The van der Waals surface area contributed by atoms with Gasteiger partial charge >= 0.3 is 7.05 Å². The molecule has 0 fully saturated rings. The molecule has 1 aromatic carbocycles. The van der Waals surface area contributed by atoms with Crippen molar-refractivity contribution in [2.24, 2.45) is 0 Å². The molecule has 3 heteroatoms. The van der Waals surface area contributed by atoms with Crippen LogP contribution in [-0.2, 0) is 13.0 Å². The van der Waals surface area contributed by atoms with Crippen LogP contribution in [0.5, 0.6) is 0 Å². The van der Waals surface area contributed by atoms with Crippen molar-refractivity contribution >= 4 is 7.05 Å². The largest absolute Gasteiger partial charge is 0.437 e. The summed E-state index contributed by atoms with van der Waals surface area (Å²) in [6.07, 6.45) is 1.06. The molecule has 1 N–H and O–H groups in total. The summed E-state index contributed by atoms with van der Waals surface area (Å²) in [5.74, 6) is 0. The predicted octanol–water partition coefficient (Wildman–Crippen LogP) is 1.46. The van der Waals surface area contributed by atoms with E-state index in [9.17, 15) is 5.02 Å². The van der Waals surface area contributed by atoms with Gasteiger partial charge in [-0.1, -0.05) is 18.2 Å². The van der Waals surface area contributed by atoms with Gasteiger partial charge in [0.15, 0.2) is 0 Å². The lowest BCUT2D eigenvalue weighted by atomic mass is 9.81. The van der Waals surface area contributed by atoms with Gasteiger partial charge in [-0.15, -0.1) is 0 Å². The van der Waals surface area contributed by atoms with Crippen LogP contribution in [-0.4, -0.2) is 23.4 Å². The second-order valence-electron chi connectivity index (χ2n) is 4.06. The number of nitrogens with zero attached hydrogens (tertiary/aromatic N) is 1. The fraction of sp³-hybridized carbons (Fsp3) is 0.455. The molecule has 0 amide bonds. The molecular formula is C11H16BNO. The molecule has 0 unspecified atom stereocenters. The first-order chi connectivity index (χ1) is 6.68. The summed E-state index contributed by atoms with van der Waals surface area (Å²) in [6, 6.07) is 6.46. The average molecular weight is 189 g/mol. The van der Waals surface area contributed by atoms with E-state index in [4.69, 9.17) is 0 Å². The Labute approximate surface area is 85.7 Å². The molecule has 1 aliphatic heterocycles. The highest BCUT2D eigenvalue weighted by molar-refractivity contribution is 6.45. The van der Waals surface area contributed by atoms with Crippen molar-refractivity contribution in [2.75, 3.05) is 6.54 Å². The highest BCUT2D eigenvalue weighted by Crippen LogP contribution is 2.22. The number of aryl methyl sites for hydroxylation is 1. The van der Waals surface area contributed by atoms with E-state index in [1.54, 1.807) is 0 Å². The third-order valence-corrected chi connectivity index (χ3v) is 3.07. The van der Waals surface area contributed by atoms with Gasteiger partial charge in [-0.3, -0.25) is 0 Å². The molecule has 0 saturated heterocycles. The van der Waals surface area contributed by atoms with Gasteiger partial charge in [0.05, 0.1) is 0 Å². The summed E-state index contributed by atoms with van der Waals surface area (Å²) in [5, 5.41) is 9.52. The standard InChI is InChI=1S/C11H16BNO/c1-9-4-3-5-10-6-7-13(12(2)14)8-11(9)10/h3-5,14H,6-8H2,1-2H3. The van der Waals surface area contributed by atoms with Crippen LogP contribution in [0.4, 0.5) is 0 Å². The van der Waals surface area contributed by atoms with Crippen LogP contribution in [0.3, 0.4) is 0 Å². The predicted molar refractivity (Wildman–Crippen MR) is 59.1 cm³/mol. The molecule has 0 aromatic heterocycles. The van der Waals surface area contributed by atoms with Gasteiger partial charge in [0.1, 0.15) is 0 Å². The highest BCUT2D eigenvalue weighted by Gasteiger charge is 2.22. The number of hydrogen-bond acceptors (Lipinski definition) is 2. The van der Waals surface area contributed by atoms with Gasteiger partial charge in [-0.05, 0) is 43.4 Å². The Morgan fingerprint density at radius 2 is 2.21 bits per heavy atom. The molecule has 74 valence electrons. The number of hydrogen-bond donors (Lipinski definition) is 1. The zero-order chi connectivity index (χ0) is 10.1. The molecule has 0 radical (unpaired) electrons. The first-order valence-electron chi connectivity index (χ1n) is 5.18. The zero-order valence-corrected chi connectivity index (χ0v) is 8.83. The molecular weight excluding hydrogens is 173 g/mol. The third kappa shape index (κ3) is 1.70. The normalized spacial score (nSPS) is 16.5. The molecule has 1 heterocycles. The van der Waals surface area contributed by atoms with Crippen molar-refractivity contribution in [3.05, 3.63) is 34.9 Å². The lowest BCUT2D eigenvalue weighted by Crippen LogP contribution is -2.41. The molecule has 0 atom stereocenters. The van der Waals surface area contributed by atoms with Crippen LogP contribution >= 0.6 is 0 Å². The van der Waals surface area contributed by atoms with Crippen LogP contribution < -0.4 is 0 Å². The Bertz CT molecular complexity index is 338. The van der Waals surface area contributed by atoms with E-state index >= 15 is 0 Å². The monoisotopic (exact) mass is 189 g/mol. The third-order valence-electron chi connectivity index (χ3n) is 3.07. The Hall–Kier alpha value is -0.795. The summed E-state index contributed by atoms with van der Waals surface area (Å²) in [6.45, 7) is 5.83. The van der Waals surface area contributed by atoms with E-state index in [1.165, 1.54) is 16.7 Å². The molecule has 0 spiro atoms. The van der Waals surface area contributed by atoms with Crippen LogP contribution in [0.15, 0.2) is 18.2 Å². The zero-order valence-electron chi connectivity index (χ0n) is 8.83. The topological polar surface area (TPSA) is 23.5 Å². The molecule has 1 aliphatic rings. The summed E-state index contributed by atoms with van der Waals surface area (Å²) in [7, 11) is -0.331. The smallest absolute Gasteiger partial charge is 0.376 e. The van der Waals surface area contributed by atoms with Gasteiger partial charge in [0.25, 0.3) is 0 Å². The van der Waals surface area contributed by atoms with Crippen LogP contribution in [0.1, 0.15) is 16.7 Å². The van der Waals surface area contributed by atoms with E-state index in [0.29, 0.717) is 0 Å². The fourth-order valence-electron chi connectivity index (χ4n) is 2.09.